The minimum atomic E-state index is 0.205. The van der Waals surface area contributed by atoms with Crippen LogP contribution < -0.4 is 9.47 Å². The van der Waals surface area contributed by atoms with Crippen LogP contribution in [0.1, 0.15) is 29.3 Å². The van der Waals surface area contributed by atoms with Gasteiger partial charge in [-0.15, -0.1) is 0 Å². The summed E-state index contributed by atoms with van der Waals surface area (Å²) >= 11 is 0. The highest BCUT2D eigenvalue weighted by Crippen LogP contribution is 2.40. The average molecular weight is 270 g/mol. The highest BCUT2D eigenvalue weighted by Gasteiger charge is 2.26. The molecule has 0 saturated heterocycles. The first-order chi connectivity index (χ1) is 9.65. The molecular weight excluding hydrogens is 252 g/mol. The van der Waals surface area contributed by atoms with Crippen molar-refractivity contribution in [2.24, 2.45) is 5.92 Å². The Balaban J connectivity index is 2.39. The van der Waals surface area contributed by atoms with Crippen molar-refractivity contribution in [1.29, 1.82) is 0 Å². The van der Waals surface area contributed by atoms with Gasteiger partial charge in [-0.1, -0.05) is 19.1 Å². The molecule has 0 fully saturated rings. The lowest BCUT2D eigenvalue weighted by atomic mass is 9.81. The van der Waals surface area contributed by atoms with Gasteiger partial charge < -0.3 is 9.47 Å². The molecule has 3 nitrogen and oxygen atoms in total. The Labute approximate surface area is 118 Å². The van der Waals surface area contributed by atoms with Crippen molar-refractivity contribution in [2.75, 3.05) is 14.2 Å². The minimum absolute atomic E-state index is 0.205. The second-order valence-electron chi connectivity index (χ2n) is 5.43. The summed E-state index contributed by atoms with van der Waals surface area (Å²) in [6.45, 7) is 2.12. The van der Waals surface area contributed by atoms with Crippen molar-refractivity contribution in [1.82, 2.24) is 0 Å². The molecule has 0 heterocycles. The number of hydrogen-bond acceptors (Lipinski definition) is 3. The molecular formula is C17H18O3. The van der Waals surface area contributed by atoms with Gasteiger partial charge in [0.05, 0.1) is 14.2 Å². The van der Waals surface area contributed by atoms with Crippen molar-refractivity contribution in [2.45, 2.75) is 19.8 Å². The van der Waals surface area contributed by atoms with Crippen LogP contribution in [0.5, 0.6) is 11.5 Å². The fraction of sp³-hybridized carbons (Fsp3) is 0.353. The number of benzene rings is 2. The molecule has 1 aliphatic rings. The van der Waals surface area contributed by atoms with Gasteiger partial charge in [0.1, 0.15) is 11.5 Å². The summed E-state index contributed by atoms with van der Waals surface area (Å²) in [4.78, 5) is 12.5. The van der Waals surface area contributed by atoms with E-state index in [0.717, 1.165) is 39.8 Å². The third-order valence-corrected chi connectivity index (χ3v) is 4.01. The molecule has 0 aliphatic heterocycles. The molecule has 0 N–H and O–H groups in total. The van der Waals surface area contributed by atoms with Crippen LogP contribution in [0, 0.1) is 5.92 Å². The zero-order chi connectivity index (χ0) is 14.3. The third kappa shape index (κ3) is 1.85. The normalized spacial score (nSPS) is 17.9. The molecule has 0 saturated carbocycles. The smallest absolute Gasteiger partial charge is 0.164 e. The molecule has 1 atom stereocenters. The van der Waals surface area contributed by atoms with Crippen LogP contribution in [-0.2, 0) is 6.42 Å². The molecule has 1 unspecified atom stereocenters. The molecule has 0 radical (unpaired) electrons. The minimum Gasteiger partial charge on any atom is -0.496 e. The van der Waals surface area contributed by atoms with Crippen molar-refractivity contribution in [3.05, 3.63) is 35.4 Å². The first-order valence-corrected chi connectivity index (χ1v) is 6.85. The Bertz CT molecular complexity index is 688. The highest BCUT2D eigenvalue weighted by molar-refractivity contribution is 6.13. The quantitative estimate of drug-likeness (QED) is 0.836. The van der Waals surface area contributed by atoms with E-state index in [-0.39, 0.29) is 5.78 Å². The van der Waals surface area contributed by atoms with Crippen LogP contribution in [0.15, 0.2) is 24.3 Å². The fourth-order valence-electron chi connectivity index (χ4n) is 3.13. The Morgan fingerprint density at radius 3 is 2.40 bits per heavy atom. The molecule has 0 amide bonds. The van der Waals surface area contributed by atoms with E-state index in [9.17, 15) is 4.79 Å². The number of ketones is 1. The van der Waals surface area contributed by atoms with Crippen LogP contribution in [0.4, 0.5) is 0 Å². The standard InChI is InChI=1S/C17H18O3/c1-10-8-11-4-5-12-14(19-2)6-7-15(20-3)17(12)16(11)13(18)9-10/h4-7,10H,8-9H2,1-3H3. The number of carbonyl (C=O) groups excluding carboxylic acids is 1. The van der Waals surface area contributed by atoms with E-state index >= 15 is 0 Å². The Morgan fingerprint density at radius 1 is 1.00 bits per heavy atom. The number of rotatable bonds is 2. The Hall–Kier alpha value is -2.03. The summed E-state index contributed by atoms with van der Waals surface area (Å²) in [5.41, 5.74) is 1.93. The molecule has 2 aromatic rings. The number of carbonyl (C=O) groups is 1. The van der Waals surface area contributed by atoms with E-state index in [4.69, 9.17) is 9.47 Å². The van der Waals surface area contributed by atoms with Gasteiger partial charge in [-0.3, -0.25) is 4.79 Å². The van der Waals surface area contributed by atoms with E-state index in [1.54, 1.807) is 14.2 Å². The van der Waals surface area contributed by atoms with E-state index in [0.29, 0.717) is 12.3 Å². The molecule has 3 heteroatoms. The summed E-state index contributed by atoms with van der Waals surface area (Å²) < 4.78 is 10.9. The third-order valence-electron chi connectivity index (χ3n) is 4.01. The van der Waals surface area contributed by atoms with Crippen LogP contribution >= 0.6 is 0 Å². The fourth-order valence-corrected chi connectivity index (χ4v) is 3.13. The molecule has 20 heavy (non-hydrogen) atoms. The lowest BCUT2D eigenvalue weighted by Crippen LogP contribution is -2.18. The number of Topliss-reactive ketones (excluding diaryl/α,β-unsaturated/α-hetero) is 1. The molecule has 0 spiro atoms. The lowest BCUT2D eigenvalue weighted by Gasteiger charge is -2.23. The summed E-state index contributed by atoms with van der Waals surface area (Å²) in [7, 11) is 3.28. The van der Waals surface area contributed by atoms with E-state index in [1.807, 2.05) is 24.3 Å². The molecule has 2 aromatic carbocycles. The monoisotopic (exact) mass is 270 g/mol. The molecule has 0 bridgehead atoms. The number of fused-ring (bicyclic) bond motifs is 3. The van der Waals surface area contributed by atoms with Crippen molar-refractivity contribution in [3.63, 3.8) is 0 Å². The molecule has 1 aliphatic carbocycles. The van der Waals surface area contributed by atoms with Gasteiger partial charge in [-0.05, 0) is 30.0 Å². The average Bonchev–Trinajstić information content (AvgIpc) is 2.44. The molecule has 3 rings (SSSR count). The highest BCUT2D eigenvalue weighted by atomic mass is 16.5. The summed E-state index contributed by atoms with van der Waals surface area (Å²) in [5.74, 6) is 2.12. The van der Waals surface area contributed by atoms with Crippen molar-refractivity contribution < 1.29 is 14.3 Å². The van der Waals surface area contributed by atoms with Gasteiger partial charge >= 0.3 is 0 Å². The summed E-state index contributed by atoms with van der Waals surface area (Å²) in [6, 6.07) is 7.82. The molecule has 0 aromatic heterocycles. The molecule has 104 valence electrons. The SMILES string of the molecule is COc1ccc(OC)c2c3c(ccc12)CC(C)CC3=O. The van der Waals surface area contributed by atoms with Gasteiger partial charge in [0.25, 0.3) is 0 Å². The van der Waals surface area contributed by atoms with E-state index in [1.165, 1.54) is 0 Å². The Kier molecular flexibility index (Phi) is 3.13. The first kappa shape index (κ1) is 13.0. The zero-order valence-electron chi connectivity index (χ0n) is 12.0. The summed E-state index contributed by atoms with van der Waals surface area (Å²) in [6.07, 6.45) is 1.55. The van der Waals surface area contributed by atoms with Gasteiger partial charge in [0, 0.05) is 22.8 Å². The van der Waals surface area contributed by atoms with Crippen LogP contribution in [0.2, 0.25) is 0 Å². The van der Waals surface area contributed by atoms with Crippen LogP contribution in [0.25, 0.3) is 10.8 Å². The van der Waals surface area contributed by atoms with Gasteiger partial charge in [-0.25, -0.2) is 0 Å². The maximum atomic E-state index is 12.5. The number of hydrogen-bond donors (Lipinski definition) is 0. The number of methoxy groups -OCH3 is 2. The number of ether oxygens (including phenoxy) is 2. The van der Waals surface area contributed by atoms with Crippen LogP contribution in [0.3, 0.4) is 0 Å². The van der Waals surface area contributed by atoms with Crippen molar-refractivity contribution >= 4 is 16.6 Å². The van der Waals surface area contributed by atoms with Crippen molar-refractivity contribution in [3.8, 4) is 11.5 Å². The van der Waals surface area contributed by atoms with Gasteiger partial charge in [-0.2, -0.15) is 0 Å². The zero-order valence-corrected chi connectivity index (χ0v) is 12.0. The first-order valence-electron chi connectivity index (χ1n) is 6.85. The van der Waals surface area contributed by atoms with E-state index < -0.39 is 0 Å². The second-order valence-corrected chi connectivity index (χ2v) is 5.43. The Morgan fingerprint density at radius 2 is 1.70 bits per heavy atom. The van der Waals surface area contributed by atoms with E-state index in [2.05, 4.69) is 6.92 Å². The van der Waals surface area contributed by atoms with Gasteiger partial charge in [0.2, 0.25) is 0 Å². The largest absolute Gasteiger partial charge is 0.496 e. The second kappa shape index (κ2) is 4.82. The van der Waals surface area contributed by atoms with Crippen LogP contribution in [-0.4, -0.2) is 20.0 Å². The topological polar surface area (TPSA) is 35.5 Å². The summed E-state index contributed by atoms with van der Waals surface area (Å²) in [5, 5.41) is 1.83. The predicted octanol–water partition coefficient (Wildman–Crippen LogP) is 3.62. The lowest BCUT2D eigenvalue weighted by molar-refractivity contribution is 0.0955. The maximum Gasteiger partial charge on any atom is 0.164 e. The van der Waals surface area contributed by atoms with Gasteiger partial charge in [0.15, 0.2) is 5.78 Å². The maximum absolute atomic E-state index is 12.5. The predicted molar refractivity (Wildman–Crippen MR) is 78.9 cm³/mol.